The molecule has 0 aliphatic carbocycles. The lowest BCUT2D eigenvalue weighted by molar-refractivity contribution is 0.0133. The molecule has 0 spiro atoms. The number of alkyl carbamates (subject to hydrolysis) is 1. The quantitative estimate of drug-likeness (QED) is 0.749. The highest BCUT2D eigenvalue weighted by Gasteiger charge is 2.47. The summed E-state index contributed by atoms with van der Waals surface area (Å²) >= 11 is 0. The predicted octanol–water partition coefficient (Wildman–Crippen LogP) is 3.46. The van der Waals surface area contributed by atoms with Crippen molar-refractivity contribution in [3.63, 3.8) is 0 Å². The largest absolute Gasteiger partial charge is 0.466 e. The Balaban J connectivity index is 1.57. The van der Waals surface area contributed by atoms with Crippen LogP contribution in [-0.2, 0) is 16.0 Å². The monoisotopic (exact) mass is 458 g/mol. The van der Waals surface area contributed by atoms with E-state index in [-0.39, 0.29) is 41.2 Å². The fourth-order valence-corrected chi connectivity index (χ4v) is 3.56. The van der Waals surface area contributed by atoms with E-state index in [1.54, 1.807) is 20.8 Å². The second-order valence-electron chi connectivity index (χ2n) is 8.51. The van der Waals surface area contributed by atoms with Gasteiger partial charge in [0, 0.05) is 17.8 Å². The van der Waals surface area contributed by atoms with Gasteiger partial charge in [0.05, 0.1) is 24.2 Å². The van der Waals surface area contributed by atoms with Gasteiger partial charge in [-0.05, 0) is 32.9 Å². The van der Waals surface area contributed by atoms with Crippen LogP contribution in [-0.4, -0.2) is 46.5 Å². The number of benzene rings is 1. The van der Waals surface area contributed by atoms with E-state index in [1.807, 2.05) is 6.07 Å². The van der Waals surface area contributed by atoms with Gasteiger partial charge < -0.3 is 19.5 Å². The third-order valence-electron chi connectivity index (χ3n) is 4.98. The first-order valence-electron chi connectivity index (χ1n) is 10.1. The number of aromatic nitrogens is 1. The van der Waals surface area contributed by atoms with Crippen molar-refractivity contribution in [2.24, 2.45) is 0 Å². The Morgan fingerprint density at radius 3 is 2.76 bits per heavy atom. The maximum Gasteiger partial charge on any atom is 0.413 e. The molecule has 9 nitrogen and oxygen atoms in total. The number of carbonyl (C=O) groups is 2. The number of cyclic esters (lactones) is 1. The first-order valence-corrected chi connectivity index (χ1v) is 10.1. The number of pyridine rings is 1. The maximum absolute atomic E-state index is 15.3. The topological polar surface area (TPSA) is 114 Å². The van der Waals surface area contributed by atoms with Crippen molar-refractivity contribution < 1.29 is 32.6 Å². The smallest absolute Gasteiger partial charge is 0.413 e. The summed E-state index contributed by atoms with van der Waals surface area (Å²) in [6, 6.07) is 5.60. The molecular formula is C22H20F2N4O5. The number of halogens is 2. The van der Waals surface area contributed by atoms with Crippen molar-refractivity contribution in [1.82, 2.24) is 15.2 Å². The van der Waals surface area contributed by atoms with Crippen LogP contribution in [0.2, 0.25) is 0 Å². The number of amides is 2. The Labute approximate surface area is 187 Å². The number of nitriles is 1. The Hall–Kier alpha value is -3.94. The van der Waals surface area contributed by atoms with Crippen LogP contribution in [0.3, 0.4) is 0 Å². The van der Waals surface area contributed by atoms with Gasteiger partial charge in [-0.2, -0.15) is 5.26 Å². The third kappa shape index (κ3) is 4.37. The molecule has 11 heteroatoms. The Kier molecular flexibility index (Phi) is 5.53. The zero-order valence-electron chi connectivity index (χ0n) is 18.0. The lowest BCUT2D eigenvalue weighted by atomic mass is 10.00. The van der Waals surface area contributed by atoms with Crippen LogP contribution in [0.25, 0.3) is 11.1 Å². The third-order valence-corrected chi connectivity index (χ3v) is 4.98. The molecule has 0 saturated carbocycles. The Bertz CT molecular complexity index is 1160. The van der Waals surface area contributed by atoms with Crippen LogP contribution in [0.4, 0.5) is 18.4 Å². The van der Waals surface area contributed by atoms with Crippen molar-refractivity contribution in [3.8, 4) is 22.9 Å². The number of hydrogen-bond acceptors (Lipinski definition) is 7. The molecule has 1 aromatic heterocycles. The van der Waals surface area contributed by atoms with Gasteiger partial charge in [0.15, 0.2) is 6.10 Å². The SMILES string of the molecule is CC(C)(C)OC(=O)NC[C@@H]1OC(=O)N2Cc3c(cc(F)c(-c4ccc(C#N)nc4)c3F)O[C@@H]12. The summed E-state index contributed by atoms with van der Waals surface area (Å²) in [6.07, 6.45) is -2.16. The standard InChI is InChI=1S/C22H20F2N4O5/c1-22(2,3)33-20(29)27-9-16-19-28(21(30)32-16)10-13-15(31-19)6-14(23)17(18(13)24)11-4-5-12(7-25)26-8-11/h4-6,8,16,19H,9-10H2,1-3H3,(H,27,29)/t16-,19-/m0/s1. The number of ether oxygens (including phenoxy) is 3. The summed E-state index contributed by atoms with van der Waals surface area (Å²) in [5.74, 6) is -1.87. The Morgan fingerprint density at radius 2 is 2.12 bits per heavy atom. The molecule has 0 bridgehead atoms. The number of hydrogen-bond donors (Lipinski definition) is 1. The van der Waals surface area contributed by atoms with E-state index in [0.29, 0.717) is 0 Å². The highest BCUT2D eigenvalue weighted by Crippen LogP contribution is 2.40. The summed E-state index contributed by atoms with van der Waals surface area (Å²) in [5, 5.41) is 11.4. The minimum atomic E-state index is -0.985. The van der Waals surface area contributed by atoms with Gasteiger partial charge in [-0.15, -0.1) is 0 Å². The molecule has 33 heavy (non-hydrogen) atoms. The predicted molar refractivity (Wildman–Crippen MR) is 109 cm³/mol. The van der Waals surface area contributed by atoms with Gasteiger partial charge in [0.2, 0.25) is 6.23 Å². The molecule has 172 valence electrons. The van der Waals surface area contributed by atoms with Gasteiger partial charge in [0.25, 0.3) is 0 Å². The lowest BCUT2D eigenvalue weighted by Crippen LogP contribution is -2.48. The van der Waals surface area contributed by atoms with E-state index in [0.717, 1.165) is 11.0 Å². The lowest BCUT2D eigenvalue weighted by Gasteiger charge is -2.32. The summed E-state index contributed by atoms with van der Waals surface area (Å²) in [7, 11) is 0. The summed E-state index contributed by atoms with van der Waals surface area (Å²) < 4.78 is 46.3. The van der Waals surface area contributed by atoms with Crippen molar-refractivity contribution >= 4 is 12.2 Å². The first-order chi connectivity index (χ1) is 15.6. The molecule has 3 heterocycles. The van der Waals surface area contributed by atoms with Gasteiger partial charge in [-0.3, -0.25) is 4.90 Å². The van der Waals surface area contributed by atoms with E-state index in [2.05, 4.69) is 10.3 Å². The van der Waals surface area contributed by atoms with Crippen LogP contribution in [0.15, 0.2) is 24.4 Å². The fourth-order valence-electron chi connectivity index (χ4n) is 3.56. The van der Waals surface area contributed by atoms with Crippen molar-refractivity contribution in [2.45, 2.75) is 45.2 Å². The average Bonchev–Trinajstić information content (AvgIpc) is 3.05. The molecule has 0 unspecified atom stereocenters. The molecule has 1 fully saturated rings. The van der Waals surface area contributed by atoms with Crippen molar-refractivity contribution in [3.05, 3.63) is 47.3 Å². The molecule has 1 aromatic carbocycles. The molecule has 1 saturated heterocycles. The van der Waals surface area contributed by atoms with Crippen molar-refractivity contribution in [2.75, 3.05) is 6.54 Å². The first kappa shape index (κ1) is 22.3. The maximum atomic E-state index is 15.3. The summed E-state index contributed by atoms with van der Waals surface area (Å²) in [5.41, 5.74) is -0.833. The van der Waals surface area contributed by atoms with Gasteiger partial charge in [-0.1, -0.05) is 0 Å². The van der Waals surface area contributed by atoms with Gasteiger partial charge in [0.1, 0.15) is 34.7 Å². The zero-order valence-corrected chi connectivity index (χ0v) is 18.0. The van der Waals surface area contributed by atoms with Crippen LogP contribution < -0.4 is 10.1 Å². The average molecular weight is 458 g/mol. The number of carbonyl (C=O) groups excluding carboxylic acids is 2. The number of rotatable bonds is 3. The zero-order chi connectivity index (χ0) is 23.9. The van der Waals surface area contributed by atoms with E-state index in [1.165, 1.54) is 18.3 Å². The molecule has 2 aliphatic rings. The van der Waals surface area contributed by atoms with Crippen LogP contribution in [0.5, 0.6) is 5.75 Å². The minimum Gasteiger partial charge on any atom is -0.466 e. The summed E-state index contributed by atoms with van der Waals surface area (Å²) in [4.78, 5) is 29.3. The van der Waals surface area contributed by atoms with E-state index in [4.69, 9.17) is 19.5 Å². The number of nitrogens with one attached hydrogen (secondary N) is 1. The second-order valence-corrected chi connectivity index (χ2v) is 8.51. The van der Waals surface area contributed by atoms with Crippen LogP contribution >= 0.6 is 0 Å². The highest BCUT2D eigenvalue weighted by atomic mass is 19.1. The second kappa shape index (κ2) is 8.20. The molecule has 2 amide bonds. The molecule has 1 N–H and O–H groups in total. The van der Waals surface area contributed by atoms with Crippen LogP contribution in [0, 0.1) is 23.0 Å². The summed E-state index contributed by atoms with van der Waals surface area (Å²) in [6.45, 7) is 4.78. The fraction of sp³-hybridized carbons (Fsp3) is 0.364. The van der Waals surface area contributed by atoms with E-state index >= 15 is 4.39 Å². The highest BCUT2D eigenvalue weighted by molar-refractivity contribution is 5.73. The van der Waals surface area contributed by atoms with E-state index in [9.17, 15) is 14.0 Å². The molecule has 2 aliphatic heterocycles. The molecule has 0 radical (unpaired) electrons. The normalized spacial score (nSPS) is 19.0. The molecule has 4 rings (SSSR count). The Morgan fingerprint density at radius 1 is 1.36 bits per heavy atom. The minimum absolute atomic E-state index is 0.0234. The van der Waals surface area contributed by atoms with Crippen molar-refractivity contribution in [1.29, 1.82) is 5.26 Å². The molecular weight excluding hydrogens is 438 g/mol. The van der Waals surface area contributed by atoms with Crippen LogP contribution in [0.1, 0.15) is 32.0 Å². The molecule has 2 atom stereocenters. The number of fused-ring (bicyclic) bond motifs is 2. The molecule has 2 aromatic rings. The van der Waals surface area contributed by atoms with Gasteiger partial charge in [-0.25, -0.2) is 23.4 Å². The van der Waals surface area contributed by atoms with Gasteiger partial charge >= 0.3 is 12.2 Å². The van der Waals surface area contributed by atoms with E-state index < -0.39 is 41.8 Å². The number of nitrogens with zero attached hydrogens (tertiary/aromatic N) is 3.